The number of hydrogen-bond donors (Lipinski definition) is 0. The van der Waals surface area contributed by atoms with E-state index >= 15 is 0 Å². The molecule has 0 radical (unpaired) electrons. The number of benzene rings is 3. The maximum Gasteiger partial charge on any atom is 0.134 e. The van der Waals surface area contributed by atoms with Crippen LogP contribution in [-0.2, 0) is 0 Å². The quantitative estimate of drug-likeness (QED) is 0.216. The summed E-state index contributed by atoms with van der Waals surface area (Å²) in [5, 5.41) is 0.594. The van der Waals surface area contributed by atoms with Gasteiger partial charge in [-0.2, -0.15) is 0 Å². The van der Waals surface area contributed by atoms with Crippen LogP contribution in [-0.4, -0.2) is 9.25 Å². The molecule has 150 valence electrons. The Morgan fingerprint density at radius 3 is 1.59 bits per heavy atom. The summed E-state index contributed by atoms with van der Waals surface area (Å²) in [5.41, 5.74) is 1.91. The predicted octanol–water partition coefficient (Wildman–Crippen LogP) is 8.59. The molecule has 0 N–H and O–H groups in total. The average Bonchev–Trinajstić information content (AvgIpc) is 2.70. The van der Waals surface area contributed by atoms with E-state index in [4.69, 9.17) is 16.6 Å². The van der Waals surface area contributed by atoms with Crippen molar-refractivity contribution in [3.63, 3.8) is 0 Å². The van der Waals surface area contributed by atoms with Gasteiger partial charge in [-0.1, -0.05) is 110 Å². The van der Waals surface area contributed by atoms with Crippen molar-refractivity contribution in [1.29, 1.82) is 0 Å². The van der Waals surface area contributed by atoms with Crippen LogP contribution in [0.4, 0.5) is 5.69 Å². The number of halogens is 1. The molecule has 0 aliphatic heterocycles. The number of rotatable bonds is 6. The lowest BCUT2D eigenvalue weighted by Crippen LogP contribution is -2.42. The summed E-state index contributed by atoms with van der Waals surface area (Å²) in [7, 11) is 0. The van der Waals surface area contributed by atoms with E-state index in [2.05, 4.69) is 88.4 Å². The molecule has 0 saturated carbocycles. The van der Waals surface area contributed by atoms with E-state index in [-0.39, 0.29) is 5.41 Å². The lowest BCUT2D eigenvalue weighted by atomic mass is 9.91. The Kier molecular flexibility index (Phi) is 7.15. The van der Waals surface area contributed by atoms with E-state index in [9.17, 15) is 0 Å². The van der Waals surface area contributed by atoms with Crippen molar-refractivity contribution >= 4 is 46.0 Å². The van der Waals surface area contributed by atoms with Crippen molar-refractivity contribution in [2.24, 2.45) is 10.4 Å². The van der Waals surface area contributed by atoms with Crippen LogP contribution in [0.5, 0.6) is 0 Å². The number of nitrogens with zero attached hydrogens (tertiary/aromatic N) is 1. The molecule has 0 saturated heterocycles. The molecule has 3 rings (SSSR count). The summed E-state index contributed by atoms with van der Waals surface area (Å²) >= 11 is 10.6. The summed E-state index contributed by atoms with van der Waals surface area (Å²) in [5.74, 6) is 0. The van der Waals surface area contributed by atoms with Gasteiger partial charge < -0.3 is 0 Å². The van der Waals surface area contributed by atoms with Gasteiger partial charge in [0.2, 0.25) is 0 Å². The van der Waals surface area contributed by atoms with Crippen molar-refractivity contribution in [3.8, 4) is 0 Å². The third kappa shape index (κ3) is 5.48. The Bertz CT molecular complexity index is 904. The van der Waals surface area contributed by atoms with E-state index in [1.54, 1.807) is 23.5 Å². The molecule has 3 aromatic rings. The zero-order chi connectivity index (χ0) is 20.9. The number of aryl methyl sites for hydroxylation is 1. The Labute approximate surface area is 188 Å². The second kappa shape index (κ2) is 9.42. The minimum Gasteiger partial charge on any atom is -0.239 e. The molecule has 4 heteroatoms. The highest BCUT2D eigenvalue weighted by atomic mass is 35.5. The maximum absolute atomic E-state index is 7.07. The zero-order valence-corrected chi connectivity index (χ0v) is 19.6. The van der Waals surface area contributed by atoms with Gasteiger partial charge in [0, 0.05) is 9.79 Å². The largest absolute Gasteiger partial charge is 0.239 e. The fourth-order valence-electron chi connectivity index (χ4n) is 2.84. The minimum absolute atomic E-state index is 0.167. The maximum atomic E-state index is 7.07. The first-order valence-corrected chi connectivity index (χ1v) is 11.6. The van der Waals surface area contributed by atoms with Gasteiger partial charge in [-0.3, -0.25) is 0 Å². The molecule has 0 aliphatic carbocycles. The van der Waals surface area contributed by atoms with Gasteiger partial charge in [-0.25, -0.2) is 4.99 Å². The lowest BCUT2D eigenvalue weighted by molar-refractivity contribution is 0.424. The highest BCUT2D eigenvalue weighted by molar-refractivity contribution is 8.19. The van der Waals surface area contributed by atoms with Crippen LogP contribution in [0.2, 0.25) is 0 Å². The highest BCUT2D eigenvalue weighted by Crippen LogP contribution is 2.57. The van der Waals surface area contributed by atoms with Crippen LogP contribution in [0.1, 0.15) is 26.3 Å². The predicted molar refractivity (Wildman–Crippen MR) is 131 cm³/mol. The molecule has 29 heavy (non-hydrogen) atoms. The van der Waals surface area contributed by atoms with E-state index < -0.39 is 4.08 Å². The van der Waals surface area contributed by atoms with Crippen molar-refractivity contribution in [3.05, 3.63) is 90.5 Å². The number of aliphatic imine (C=N–C) groups is 1. The second-order valence-corrected chi connectivity index (χ2v) is 11.1. The third-order valence-electron chi connectivity index (χ3n) is 4.53. The van der Waals surface area contributed by atoms with Gasteiger partial charge >= 0.3 is 0 Å². The Morgan fingerprint density at radius 1 is 0.724 bits per heavy atom. The second-order valence-electron chi connectivity index (χ2n) is 7.93. The van der Waals surface area contributed by atoms with Crippen LogP contribution in [0.15, 0.2) is 99.7 Å². The van der Waals surface area contributed by atoms with Crippen molar-refractivity contribution in [2.75, 3.05) is 0 Å². The summed E-state index contributed by atoms with van der Waals surface area (Å²) in [6, 6.07) is 29.0. The average molecular weight is 440 g/mol. The Balaban J connectivity index is 2.12. The third-order valence-corrected chi connectivity index (χ3v) is 8.82. The fraction of sp³-hybridized carbons (Fsp3) is 0.240. The summed E-state index contributed by atoms with van der Waals surface area (Å²) < 4.78 is -0.498. The summed E-state index contributed by atoms with van der Waals surface area (Å²) in [6.45, 7) is 8.76. The standard InChI is InChI=1S/C25H26ClNS2/c1-19-15-17-20(18-16-19)27-23(26)25(24(2,3)4,28-21-11-7-5-8-12-21)29-22-13-9-6-10-14-22/h5-18H,1-4H3. The smallest absolute Gasteiger partial charge is 0.134 e. The first kappa shape index (κ1) is 22.0. The Morgan fingerprint density at radius 2 is 1.17 bits per heavy atom. The molecule has 0 atom stereocenters. The first-order chi connectivity index (χ1) is 13.8. The molecule has 0 bridgehead atoms. The zero-order valence-electron chi connectivity index (χ0n) is 17.2. The summed E-state index contributed by atoms with van der Waals surface area (Å²) in [4.78, 5) is 7.21. The molecule has 3 aromatic carbocycles. The Hall–Kier alpha value is -1.68. The van der Waals surface area contributed by atoms with Gasteiger partial charge in [-0.15, -0.1) is 0 Å². The minimum atomic E-state index is -0.498. The van der Waals surface area contributed by atoms with Gasteiger partial charge in [0.1, 0.15) is 9.25 Å². The van der Waals surface area contributed by atoms with Crippen LogP contribution in [0.25, 0.3) is 0 Å². The van der Waals surface area contributed by atoms with E-state index in [0.717, 1.165) is 5.69 Å². The number of thioether (sulfide) groups is 2. The molecule has 0 aliphatic rings. The van der Waals surface area contributed by atoms with Gasteiger partial charge in [0.05, 0.1) is 5.69 Å². The van der Waals surface area contributed by atoms with E-state index in [1.807, 2.05) is 24.3 Å². The highest BCUT2D eigenvalue weighted by Gasteiger charge is 2.48. The SMILES string of the molecule is Cc1ccc(N=C(Cl)C(Sc2ccccc2)(Sc2ccccc2)C(C)(C)C)cc1. The molecule has 0 fully saturated rings. The van der Waals surface area contributed by atoms with Crippen LogP contribution >= 0.6 is 35.1 Å². The molecular formula is C25H26ClNS2. The molecule has 0 aromatic heterocycles. The van der Waals surface area contributed by atoms with E-state index in [1.165, 1.54) is 15.4 Å². The lowest BCUT2D eigenvalue weighted by Gasteiger charge is -2.42. The molecule has 0 spiro atoms. The topological polar surface area (TPSA) is 12.4 Å². The summed E-state index contributed by atoms with van der Waals surface area (Å²) in [6.07, 6.45) is 0. The first-order valence-electron chi connectivity index (χ1n) is 9.60. The van der Waals surface area contributed by atoms with Crippen molar-refractivity contribution < 1.29 is 0 Å². The molecule has 0 heterocycles. The van der Waals surface area contributed by atoms with Crippen molar-refractivity contribution in [1.82, 2.24) is 0 Å². The molecule has 0 amide bonds. The van der Waals surface area contributed by atoms with E-state index in [0.29, 0.717) is 5.17 Å². The fourth-order valence-corrected chi connectivity index (χ4v) is 6.31. The van der Waals surface area contributed by atoms with Crippen LogP contribution < -0.4 is 0 Å². The monoisotopic (exact) mass is 439 g/mol. The van der Waals surface area contributed by atoms with Crippen LogP contribution in [0, 0.1) is 12.3 Å². The van der Waals surface area contributed by atoms with Crippen molar-refractivity contribution in [2.45, 2.75) is 41.6 Å². The molecule has 1 nitrogen and oxygen atoms in total. The normalized spacial score (nSPS) is 12.8. The molecule has 0 unspecified atom stereocenters. The van der Waals surface area contributed by atoms with Crippen LogP contribution in [0.3, 0.4) is 0 Å². The molecular weight excluding hydrogens is 414 g/mol. The number of hydrogen-bond acceptors (Lipinski definition) is 3. The van der Waals surface area contributed by atoms with Gasteiger partial charge in [0.25, 0.3) is 0 Å². The van der Waals surface area contributed by atoms with Gasteiger partial charge in [-0.05, 0) is 48.7 Å². The van der Waals surface area contributed by atoms with Gasteiger partial charge in [0.15, 0.2) is 0 Å².